The van der Waals surface area contributed by atoms with Gasteiger partial charge in [-0.25, -0.2) is 8.42 Å². The van der Waals surface area contributed by atoms with E-state index in [0.717, 1.165) is 12.8 Å². The zero-order chi connectivity index (χ0) is 17.9. The molecule has 1 aromatic carbocycles. The molecule has 2 aromatic rings. The third-order valence-electron chi connectivity index (χ3n) is 3.66. The molecule has 1 aliphatic heterocycles. The number of rotatable bonds is 6. The molecular weight excluding hydrogens is 370 g/mol. The number of hydrogen-bond donors (Lipinski definition) is 0. The first-order valence-electron chi connectivity index (χ1n) is 7.65. The molecular formula is C15H16ClN3O5S. The highest BCUT2D eigenvalue weighted by Gasteiger charge is 2.29. The van der Waals surface area contributed by atoms with Gasteiger partial charge in [-0.2, -0.15) is 0 Å². The summed E-state index contributed by atoms with van der Waals surface area (Å²) in [7, 11) is -3.97. The summed E-state index contributed by atoms with van der Waals surface area (Å²) >= 11 is 5.78. The van der Waals surface area contributed by atoms with Crippen molar-refractivity contribution in [3.8, 4) is 5.75 Å². The average molecular weight is 386 g/mol. The molecule has 1 fully saturated rings. The van der Waals surface area contributed by atoms with E-state index in [4.69, 9.17) is 20.8 Å². The maximum atomic E-state index is 12.2. The number of hydrogen-bond acceptors (Lipinski definition) is 7. The Morgan fingerprint density at radius 3 is 2.56 bits per heavy atom. The number of carbonyl (C=O) groups is 1. The van der Waals surface area contributed by atoms with Crippen LogP contribution in [0.4, 0.5) is 0 Å². The van der Waals surface area contributed by atoms with E-state index < -0.39 is 26.7 Å². The first-order valence-corrected chi connectivity index (χ1v) is 9.68. The number of amides is 1. The summed E-state index contributed by atoms with van der Waals surface area (Å²) in [6.45, 7) is 1.07. The molecule has 1 aliphatic rings. The highest BCUT2D eigenvalue weighted by Crippen LogP contribution is 2.18. The summed E-state index contributed by atoms with van der Waals surface area (Å²) in [5, 5.41) is 7.16. The summed E-state index contributed by atoms with van der Waals surface area (Å²) in [5.41, 5.74) is 0. The largest absolute Gasteiger partial charge is 0.484 e. The van der Waals surface area contributed by atoms with E-state index in [1.807, 2.05) is 0 Å². The van der Waals surface area contributed by atoms with E-state index in [2.05, 4.69) is 10.2 Å². The maximum absolute atomic E-state index is 12.2. The SMILES string of the molecule is O=C(CS(=O)(=O)c1nnc(COc2ccc(Cl)cc2)o1)N1CCCC1. The minimum Gasteiger partial charge on any atom is -0.484 e. The van der Waals surface area contributed by atoms with Gasteiger partial charge >= 0.3 is 5.22 Å². The minimum atomic E-state index is -3.97. The Hall–Kier alpha value is -2.13. The van der Waals surface area contributed by atoms with Gasteiger partial charge in [0.05, 0.1) is 0 Å². The van der Waals surface area contributed by atoms with Gasteiger partial charge in [0.2, 0.25) is 15.7 Å². The summed E-state index contributed by atoms with van der Waals surface area (Å²) in [5.74, 6) is -0.597. The van der Waals surface area contributed by atoms with Crippen LogP contribution >= 0.6 is 11.6 Å². The fourth-order valence-electron chi connectivity index (χ4n) is 2.38. The third-order valence-corrected chi connectivity index (χ3v) is 5.24. The number of aromatic nitrogens is 2. The van der Waals surface area contributed by atoms with Gasteiger partial charge in [0.1, 0.15) is 11.5 Å². The molecule has 1 aromatic heterocycles. The molecule has 2 heterocycles. The molecule has 10 heteroatoms. The predicted octanol–water partition coefficient (Wildman–Crippen LogP) is 1.70. The molecule has 0 spiro atoms. The molecule has 0 atom stereocenters. The fourth-order valence-corrected chi connectivity index (χ4v) is 3.53. The first-order chi connectivity index (χ1) is 11.9. The molecule has 0 N–H and O–H groups in total. The Labute approximate surface area is 149 Å². The van der Waals surface area contributed by atoms with Gasteiger partial charge < -0.3 is 14.1 Å². The Morgan fingerprint density at radius 1 is 1.20 bits per heavy atom. The Balaban J connectivity index is 1.61. The number of nitrogens with zero attached hydrogens (tertiary/aromatic N) is 3. The zero-order valence-electron chi connectivity index (χ0n) is 13.2. The van der Waals surface area contributed by atoms with Crippen LogP contribution in [0.15, 0.2) is 33.9 Å². The van der Waals surface area contributed by atoms with E-state index in [9.17, 15) is 13.2 Å². The molecule has 134 valence electrons. The summed E-state index contributed by atoms with van der Waals surface area (Å²) in [4.78, 5) is 13.5. The van der Waals surface area contributed by atoms with Crippen LogP contribution in [0.25, 0.3) is 0 Å². The van der Waals surface area contributed by atoms with Gasteiger partial charge in [0, 0.05) is 18.1 Å². The second-order valence-corrected chi connectivity index (χ2v) is 7.86. The molecule has 8 nitrogen and oxygen atoms in total. The standard InChI is InChI=1S/C15H16ClN3O5S/c16-11-3-5-12(6-4-11)23-9-13-17-18-15(24-13)25(21,22)10-14(20)19-7-1-2-8-19/h3-6H,1-2,7-10H2. The predicted molar refractivity (Wildman–Crippen MR) is 87.9 cm³/mol. The minimum absolute atomic E-state index is 0.00199. The smallest absolute Gasteiger partial charge is 0.336 e. The number of sulfone groups is 1. The monoisotopic (exact) mass is 385 g/mol. The number of likely N-dealkylation sites (tertiary alicyclic amines) is 1. The number of ether oxygens (including phenoxy) is 1. The lowest BCUT2D eigenvalue weighted by Gasteiger charge is -2.13. The van der Waals surface area contributed by atoms with Crippen molar-refractivity contribution in [1.29, 1.82) is 0 Å². The van der Waals surface area contributed by atoms with Crippen molar-refractivity contribution in [3.63, 3.8) is 0 Å². The van der Waals surface area contributed by atoms with E-state index in [1.165, 1.54) is 4.90 Å². The molecule has 0 unspecified atom stereocenters. The van der Waals surface area contributed by atoms with Crippen LogP contribution in [0.5, 0.6) is 5.75 Å². The normalized spacial score (nSPS) is 14.7. The van der Waals surface area contributed by atoms with Gasteiger partial charge in [0.25, 0.3) is 5.89 Å². The molecule has 25 heavy (non-hydrogen) atoms. The zero-order valence-corrected chi connectivity index (χ0v) is 14.8. The lowest BCUT2D eigenvalue weighted by atomic mass is 10.3. The van der Waals surface area contributed by atoms with Crippen LogP contribution in [-0.4, -0.2) is 48.3 Å². The fraction of sp³-hybridized carbons (Fsp3) is 0.400. The van der Waals surface area contributed by atoms with E-state index >= 15 is 0 Å². The maximum Gasteiger partial charge on any atom is 0.336 e. The van der Waals surface area contributed by atoms with Crippen LogP contribution in [0, 0.1) is 0 Å². The second-order valence-electron chi connectivity index (χ2n) is 5.55. The summed E-state index contributed by atoms with van der Waals surface area (Å²) < 4.78 is 35.0. The second kappa shape index (κ2) is 7.40. The summed E-state index contributed by atoms with van der Waals surface area (Å²) in [6.07, 6.45) is 1.77. The number of halogens is 1. The Kier molecular flexibility index (Phi) is 5.24. The lowest BCUT2D eigenvalue weighted by molar-refractivity contribution is -0.127. The van der Waals surface area contributed by atoms with E-state index in [1.54, 1.807) is 24.3 Å². The van der Waals surface area contributed by atoms with E-state index in [-0.39, 0.29) is 12.5 Å². The van der Waals surface area contributed by atoms with Crippen LogP contribution in [0.2, 0.25) is 5.02 Å². The molecule has 0 bridgehead atoms. The Bertz CT molecular complexity index is 844. The quantitative estimate of drug-likeness (QED) is 0.745. The van der Waals surface area contributed by atoms with Crippen LogP contribution in [0.1, 0.15) is 18.7 Å². The van der Waals surface area contributed by atoms with Crippen molar-refractivity contribution < 1.29 is 22.4 Å². The Morgan fingerprint density at radius 2 is 1.88 bits per heavy atom. The highest BCUT2D eigenvalue weighted by atomic mass is 35.5. The average Bonchev–Trinajstić information content (AvgIpc) is 3.26. The van der Waals surface area contributed by atoms with Crippen LogP contribution < -0.4 is 4.74 Å². The molecule has 1 amide bonds. The van der Waals surface area contributed by atoms with E-state index in [0.29, 0.717) is 23.9 Å². The highest BCUT2D eigenvalue weighted by molar-refractivity contribution is 7.91. The van der Waals surface area contributed by atoms with Crippen molar-refractivity contribution in [3.05, 3.63) is 35.2 Å². The lowest BCUT2D eigenvalue weighted by Crippen LogP contribution is -2.33. The van der Waals surface area contributed by atoms with Gasteiger partial charge in [-0.15, -0.1) is 5.10 Å². The van der Waals surface area contributed by atoms with Crippen molar-refractivity contribution in [1.82, 2.24) is 15.1 Å². The summed E-state index contributed by atoms with van der Waals surface area (Å²) in [6, 6.07) is 6.63. The van der Waals surface area contributed by atoms with Crippen molar-refractivity contribution >= 4 is 27.3 Å². The van der Waals surface area contributed by atoms with Gasteiger partial charge in [-0.3, -0.25) is 4.79 Å². The molecule has 0 radical (unpaired) electrons. The van der Waals surface area contributed by atoms with Crippen molar-refractivity contribution in [2.24, 2.45) is 0 Å². The van der Waals surface area contributed by atoms with Gasteiger partial charge in [-0.05, 0) is 37.1 Å². The molecule has 3 rings (SSSR count). The first kappa shape index (κ1) is 17.7. The molecule has 0 saturated carbocycles. The van der Waals surface area contributed by atoms with Crippen molar-refractivity contribution in [2.45, 2.75) is 24.7 Å². The van der Waals surface area contributed by atoms with Gasteiger partial charge in [-0.1, -0.05) is 16.7 Å². The molecule has 1 saturated heterocycles. The van der Waals surface area contributed by atoms with Crippen molar-refractivity contribution in [2.75, 3.05) is 18.8 Å². The third kappa shape index (κ3) is 4.49. The topological polar surface area (TPSA) is 103 Å². The molecule has 0 aliphatic carbocycles. The van der Waals surface area contributed by atoms with Crippen LogP contribution in [-0.2, 0) is 21.2 Å². The van der Waals surface area contributed by atoms with Gasteiger partial charge in [0.15, 0.2) is 6.61 Å². The number of benzene rings is 1. The number of carbonyl (C=O) groups excluding carboxylic acids is 1. The van der Waals surface area contributed by atoms with Crippen LogP contribution in [0.3, 0.4) is 0 Å².